The molecule has 2 aromatic carbocycles. The maximum absolute atomic E-state index is 15.7. The number of allylic oxidation sites excluding steroid dienone is 1. The van der Waals surface area contributed by atoms with Gasteiger partial charge in [0.25, 0.3) is 0 Å². The zero-order valence-corrected chi connectivity index (χ0v) is 39.6. The number of carbonyl (C=O) groups excluding carboxylic acids is 6. The molecule has 0 radical (unpaired) electrons. The monoisotopic (exact) mass is 948 g/mol. The molecule has 16 nitrogen and oxygen atoms in total. The van der Waals surface area contributed by atoms with E-state index in [0.29, 0.717) is 101 Å². The van der Waals surface area contributed by atoms with Crippen LogP contribution >= 0.6 is 0 Å². The van der Waals surface area contributed by atoms with Gasteiger partial charge in [-0.05, 0) is 87.7 Å². The molecule has 5 aliphatic heterocycles. The molecule has 6 aliphatic rings. The maximum atomic E-state index is 15.7. The third-order valence-corrected chi connectivity index (χ3v) is 15.0. The number of likely N-dealkylation sites (tertiary alicyclic amines) is 1. The van der Waals surface area contributed by atoms with E-state index in [4.69, 9.17) is 0 Å². The first kappa shape index (κ1) is 47.8. The van der Waals surface area contributed by atoms with Crippen LogP contribution < -0.4 is 30.7 Å². The Bertz CT molecular complexity index is 2540. The third-order valence-electron chi connectivity index (χ3n) is 15.0. The molecule has 0 bridgehead atoms. The van der Waals surface area contributed by atoms with Gasteiger partial charge in [0.2, 0.25) is 23.6 Å². The number of ketones is 2. The van der Waals surface area contributed by atoms with Crippen LogP contribution in [0, 0.1) is 23.0 Å². The molecule has 6 heterocycles. The molecule has 1 spiro atoms. The lowest BCUT2D eigenvalue weighted by atomic mass is 9.82. The first-order chi connectivity index (χ1) is 33.1. The van der Waals surface area contributed by atoms with Crippen LogP contribution in [-0.2, 0) is 25.7 Å². The van der Waals surface area contributed by atoms with Crippen LogP contribution in [0.5, 0.6) is 0 Å². The minimum Gasteiger partial charge on any atom is -0.370 e. The van der Waals surface area contributed by atoms with E-state index in [1.165, 1.54) is 24.5 Å². The maximum Gasteiger partial charge on any atom is 0.240 e. The van der Waals surface area contributed by atoms with Gasteiger partial charge in [-0.15, -0.1) is 0 Å². The highest BCUT2D eigenvalue weighted by Gasteiger charge is 2.43. The van der Waals surface area contributed by atoms with Gasteiger partial charge in [0.05, 0.1) is 29.3 Å². The summed E-state index contributed by atoms with van der Waals surface area (Å²) in [5, 5.41) is 8.84. The van der Waals surface area contributed by atoms with E-state index < -0.39 is 40.6 Å². The molecule has 5 saturated heterocycles. The highest BCUT2D eigenvalue weighted by atomic mass is 19.1. The number of Topliss-reactive ketones (excluding diaryl/α,β-unsaturated/α-hetero) is 2. The van der Waals surface area contributed by atoms with Crippen LogP contribution in [0.15, 0.2) is 54.4 Å². The number of nitrogens with one attached hydrogen (secondary N) is 3. The zero-order chi connectivity index (χ0) is 48.5. The predicted octanol–water partition coefficient (Wildman–Crippen LogP) is 5.03. The van der Waals surface area contributed by atoms with Gasteiger partial charge in [-0.3, -0.25) is 39.0 Å². The number of unbranched alkanes of at least 4 members (excludes halogenated alkanes) is 2. The number of aromatic nitrogens is 2. The highest BCUT2D eigenvalue weighted by molar-refractivity contribution is 6.39. The zero-order valence-electron chi connectivity index (χ0n) is 39.6. The van der Waals surface area contributed by atoms with Crippen LogP contribution in [-0.4, -0.2) is 132 Å². The number of anilines is 4. The van der Waals surface area contributed by atoms with E-state index in [-0.39, 0.29) is 53.8 Å². The number of nitrogens with zero attached hydrogens (tertiary/aromatic N) is 7. The minimum absolute atomic E-state index is 0.0354. The van der Waals surface area contributed by atoms with E-state index in [1.807, 2.05) is 17.0 Å². The van der Waals surface area contributed by atoms with Gasteiger partial charge in [0.1, 0.15) is 29.6 Å². The predicted molar refractivity (Wildman–Crippen MR) is 256 cm³/mol. The van der Waals surface area contributed by atoms with Crippen molar-refractivity contribution in [3.8, 4) is 0 Å². The smallest absolute Gasteiger partial charge is 0.240 e. The van der Waals surface area contributed by atoms with E-state index in [0.717, 1.165) is 56.7 Å². The van der Waals surface area contributed by atoms with Crippen molar-refractivity contribution in [1.29, 1.82) is 0 Å². The molecule has 4 amide bonds. The van der Waals surface area contributed by atoms with Crippen LogP contribution in [0.2, 0.25) is 0 Å². The molecule has 1 atom stereocenters. The Kier molecular flexibility index (Phi) is 13.8. The summed E-state index contributed by atoms with van der Waals surface area (Å²) in [6, 6.07) is 9.66. The number of hydrogen-bond donors (Lipinski definition) is 3. The molecular formula is C51H62F2N10O6. The van der Waals surface area contributed by atoms with Gasteiger partial charge in [-0.2, -0.15) is 0 Å². The van der Waals surface area contributed by atoms with Crippen molar-refractivity contribution in [1.82, 2.24) is 30.4 Å². The van der Waals surface area contributed by atoms with Crippen molar-refractivity contribution in [3.05, 3.63) is 82.7 Å². The van der Waals surface area contributed by atoms with Gasteiger partial charge in [0, 0.05) is 106 Å². The minimum atomic E-state index is -0.712. The van der Waals surface area contributed by atoms with Gasteiger partial charge in [-0.1, -0.05) is 26.3 Å². The van der Waals surface area contributed by atoms with Crippen LogP contribution in [0.3, 0.4) is 0 Å². The number of piperazine rings is 2. The summed E-state index contributed by atoms with van der Waals surface area (Å²) in [5.74, 6) is -2.02. The van der Waals surface area contributed by atoms with Crippen LogP contribution in [0.25, 0.3) is 0 Å². The molecule has 5 fully saturated rings. The molecule has 1 aromatic heterocycles. The summed E-state index contributed by atoms with van der Waals surface area (Å²) >= 11 is 0. The Morgan fingerprint density at radius 3 is 2.30 bits per heavy atom. The number of fused-ring (bicyclic) bond motifs is 1. The quantitative estimate of drug-likeness (QED) is 0.0900. The van der Waals surface area contributed by atoms with Crippen molar-refractivity contribution < 1.29 is 37.5 Å². The van der Waals surface area contributed by atoms with Gasteiger partial charge in [0.15, 0.2) is 11.6 Å². The van der Waals surface area contributed by atoms with Gasteiger partial charge < -0.3 is 30.2 Å². The first-order valence-corrected chi connectivity index (χ1v) is 24.5. The molecule has 3 N–H and O–H groups in total. The lowest BCUT2D eigenvalue weighted by Crippen LogP contribution is -2.66. The number of rotatable bonds is 13. The van der Waals surface area contributed by atoms with E-state index in [9.17, 15) is 28.8 Å². The lowest BCUT2D eigenvalue weighted by molar-refractivity contribution is -0.135. The number of halogens is 2. The second-order valence-corrected chi connectivity index (χ2v) is 20.4. The van der Waals surface area contributed by atoms with Crippen molar-refractivity contribution in [2.45, 2.75) is 90.1 Å². The lowest BCUT2D eigenvalue weighted by Gasteiger charge is -2.48. The van der Waals surface area contributed by atoms with Gasteiger partial charge in [-0.25, -0.2) is 18.7 Å². The van der Waals surface area contributed by atoms with Gasteiger partial charge >= 0.3 is 0 Å². The van der Waals surface area contributed by atoms with Crippen molar-refractivity contribution >= 4 is 58.2 Å². The second kappa shape index (κ2) is 20.0. The van der Waals surface area contributed by atoms with Crippen molar-refractivity contribution in [2.24, 2.45) is 11.3 Å². The Hall–Kier alpha value is -6.30. The normalized spacial score (nSPS) is 22.3. The summed E-state index contributed by atoms with van der Waals surface area (Å²) in [6.07, 6.45) is 9.48. The molecule has 0 saturated carbocycles. The summed E-state index contributed by atoms with van der Waals surface area (Å²) in [6.45, 7) is 11.0. The Labute approximate surface area is 401 Å². The van der Waals surface area contributed by atoms with E-state index in [2.05, 4.69) is 54.5 Å². The van der Waals surface area contributed by atoms with Crippen molar-refractivity contribution in [3.63, 3.8) is 0 Å². The van der Waals surface area contributed by atoms with Crippen LogP contribution in [0.4, 0.5) is 31.8 Å². The summed E-state index contributed by atoms with van der Waals surface area (Å²) in [4.78, 5) is 95.3. The fourth-order valence-corrected chi connectivity index (χ4v) is 10.6. The third kappa shape index (κ3) is 10.8. The highest BCUT2D eigenvalue weighted by Crippen LogP contribution is 2.36. The summed E-state index contributed by atoms with van der Waals surface area (Å²) in [5.41, 5.74) is 1.50. The molecule has 69 heavy (non-hydrogen) atoms. The number of hydrogen-bond acceptors (Lipinski definition) is 13. The molecule has 1 unspecified atom stereocenters. The number of benzene rings is 2. The molecule has 1 aliphatic carbocycles. The number of amides is 4. The number of imide groups is 1. The summed E-state index contributed by atoms with van der Waals surface area (Å²) in [7, 11) is 0. The second-order valence-electron chi connectivity index (χ2n) is 20.4. The Morgan fingerprint density at radius 2 is 1.55 bits per heavy atom. The topological polar surface area (TPSA) is 180 Å². The largest absolute Gasteiger partial charge is 0.370 e. The fourth-order valence-electron chi connectivity index (χ4n) is 10.6. The number of carbonyl (C=O) groups is 6. The molecular weight excluding hydrogens is 887 g/mol. The molecule has 3 aromatic rings. The molecule has 18 heteroatoms. The van der Waals surface area contributed by atoms with E-state index >= 15 is 8.78 Å². The average Bonchev–Trinajstić information content (AvgIpc) is 3.56. The van der Waals surface area contributed by atoms with Crippen LogP contribution in [0.1, 0.15) is 104 Å². The Morgan fingerprint density at radius 1 is 0.797 bits per heavy atom. The SMILES string of the molecule is CC1(C)CCN(Cc2cc(F)c(N3CC(=O)NC4(CCN(c5cc(NCCCCCC(=O)N6CCN(c7ccc8c(c7)C(=O)C(=CC7CCC(=O)NC7=O)C8=O)CC6)ncn5)CC4)C3)cc2F)CC1. The number of piperidine rings is 3. The standard InChI is InChI=1S/C51H62F2N10O6/c1-50(2)11-16-59(17-12-50)29-34-25-40(53)41(27-39(34)52)63-30-45(65)58-51(31-63)13-18-61(19-14-51)43-28-42(55-32-56-43)54-15-5-3-4-6-46(66)62-22-20-60(21-23-62)35-8-9-36-37(26-35)48(68)38(47(36)67)24-33-7-10-44(64)57-49(33)69/h8-9,24-28,32-33H,3-7,10-23,29-31H2,1-2H3,(H,58,65)(H,54,55,56)(H,57,64,69). The average molecular weight is 949 g/mol. The van der Waals surface area contributed by atoms with E-state index in [1.54, 1.807) is 17.0 Å². The summed E-state index contributed by atoms with van der Waals surface area (Å²) < 4.78 is 31.2. The molecule has 366 valence electrons. The molecule has 9 rings (SSSR count). The fraction of sp³-hybridized carbons (Fsp3) is 0.529. The Balaban J connectivity index is 0.686. The first-order valence-electron chi connectivity index (χ1n) is 24.5. The van der Waals surface area contributed by atoms with Crippen molar-refractivity contribution in [2.75, 3.05) is 92.0 Å².